The van der Waals surface area contributed by atoms with Gasteiger partial charge in [0.15, 0.2) is 0 Å². The Morgan fingerprint density at radius 3 is 2.34 bits per heavy atom. The van der Waals surface area contributed by atoms with Crippen LogP contribution in [0.1, 0.15) is 25.0 Å². The molecule has 0 saturated carbocycles. The predicted octanol–water partition coefficient (Wildman–Crippen LogP) is 4.04. The molecule has 2 rings (SSSR count). The number of alkyl halides is 3. The van der Waals surface area contributed by atoms with Gasteiger partial charge in [0.05, 0.1) is 12.2 Å². The minimum absolute atomic E-state index is 0.0515. The number of hydrogen-bond donors (Lipinski definition) is 1. The largest absolute Gasteiger partial charge is 0.416 e. The molecule has 0 aliphatic rings. The first-order chi connectivity index (χ1) is 14.9. The quantitative estimate of drug-likeness (QED) is 0.555. The van der Waals surface area contributed by atoms with Gasteiger partial charge in [-0.2, -0.15) is 21.6 Å². The first-order valence-electron chi connectivity index (χ1n) is 9.67. The van der Waals surface area contributed by atoms with Crippen molar-refractivity contribution in [3.05, 3.63) is 59.7 Å². The number of ether oxygens (including phenoxy) is 1. The topological polar surface area (TPSA) is 84.9 Å². The van der Waals surface area contributed by atoms with Crippen molar-refractivity contribution in [3.8, 4) is 5.75 Å². The zero-order valence-corrected chi connectivity index (χ0v) is 18.7. The van der Waals surface area contributed by atoms with Crippen LogP contribution in [0, 0.1) is 0 Å². The molecule has 0 bridgehead atoms. The monoisotopic (exact) mass is 474 g/mol. The smallest absolute Gasteiger partial charge is 0.383 e. The van der Waals surface area contributed by atoms with E-state index in [9.17, 15) is 26.4 Å². The van der Waals surface area contributed by atoms with Crippen LogP contribution in [-0.2, 0) is 27.6 Å². The summed E-state index contributed by atoms with van der Waals surface area (Å²) in [7, 11) is -2.94. The standard InChI is InChI=1S/C21H25F3N2O5S/c1-15(2)25-20(27)26(11-12-30-3)14-16-7-9-18(10-8-16)31-32(28,29)19-6-4-5-17(13-19)21(22,23)24/h4-10,13,15H,11-12,14H2,1-3H3,(H,25,27). The minimum atomic E-state index is -4.68. The maximum absolute atomic E-state index is 12.9. The molecule has 2 aromatic carbocycles. The SMILES string of the molecule is COCCN(Cc1ccc(OS(=O)(=O)c2cccc(C(F)(F)F)c2)cc1)C(=O)NC(C)C. The Bertz CT molecular complexity index is 1010. The van der Waals surface area contributed by atoms with Crippen LogP contribution in [0.4, 0.5) is 18.0 Å². The maximum atomic E-state index is 12.9. The molecule has 0 atom stereocenters. The van der Waals surface area contributed by atoms with Crippen LogP contribution in [-0.4, -0.2) is 45.7 Å². The average Bonchev–Trinajstić information content (AvgIpc) is 2.71. The van der Waals surface area contributed by atoms with Crippen LogP contribution >= 0.6 is 0 Å². The second-order valence-corrected chi connectivity index (χ2v) is 8.77. The first-order valence-corrected chi connectivity index (χ1v) is 11.1. The number of methoxy groups -OCH3 is 1. The lowest BCUT2D eigenvalue weighted by molar-refractivity contribution is -0.137. The van der Waals surface area contributed by atoms with E-state index in [1.54, 1.807) is 17.0 Å². The zero-order valence-electron chi connectivity index (χ0n) is 17.8. The number of nitrogens with one attached hydrogen (secondary N) is 1. The second-order valence-electron chi connectivity index (χ2n) is 7.23. The molecule has 0 radical (unpaired) electrons. The van der Waals surface area contributed by atoms with Gasteiger partial charge in [0.1, 0.15) is 10.6 Å². The van der Waals surface area contributed by atoms with Crippen LogP contribution in [0.15, 0.2) is 53.4 Å². The number of carbonyl (C=O) groups excluding carboxylic acids is 1. The number of halogens is 3. The van der Waals surface area contributed by atoms with E-state index in [-0.39, 0.29) is 24.4 Å². The van der Waals surface area contributed by atoms with Crippen LogP contribution in [0.25, 0.3) is 0 Å². The minimum Gasteiger partial charge on any atom is -0.383 e. The van der Waals surface area contributed by atoms with Gasteiger partial charge >= 0.3 is 22.3 Å². The lowest BCUT2D eigenvalue weighted by Crippen LogP contribution is -2.43. The average molecular weight is 475 g/mol. The van der Waals surface area contributed by atoms with Gasteiger partial charge < -0.3 is 19.1 Å². The van der Waals surface area contributed by atoms with Crippen molar-refractivity contribution in [3.63, 3.8) is 0 Å². The molecule has 7 nitrogen and oxygen atoms in total. The van der Waals surface area contributed by atoms with Crippen molar-refractivity contribution in [2.75, 3.05) is 20.3 Å². The van der Waals surface area contributed by atoms with Crippen molar-refractivity contribution >= 4 is 16.1 Å². The van der Waals surface area contributed by atoms with Crippen LogP contribution in [0.3, 0.4) is 0 Å². The fourth-order valence-corrected chi connectivity index (χ4v) is 3.64. The molecule has 2 amide bonds. The summed E-state index contributed by atoms with van der Waals surface area (Å²) in [5, 5.41) is 2.80. The molecular formula is C21H25F3N2O5S. The number of nitrogens with zero attached hydrogens (tertiary/aromatic N) is 1. The third kappa shape index (κ3) is 7.41. The second kappa shape index (κ2) is 10.7. The van der Waals surface area contributed by atoms with Gasteiger partial charge in [-0.3, -0.25) is 0 Å². The Hall–Kier alpha value is -2.79. The van der Waals surface area contributed by atoms with Crippen molar-refractivity contribution in [2.45, 2.75) is 37.5 Å². The number of hydrogen-bond acceptors (Lipinski definition) is 5. The molecule has 0 fully saturated rings. The highest BCUT2D eigenvalue weighted by atomic mass is 32.2. The Balaban J connectivity index is 2.13. The van der Waals surface area contributed by atoms with Crippen molar-refractivity contribution in [1.82, 2.24) is 10.2 Å². The highest BCUT2D eigenvalue weighted by Gasteiger charge is 2.32. The summed E-state index contributed by atoms with van der Waals surface area (Å²) in [4.78, 5) is 13.3. The third-order valence-corrected chi connectivity index (χ3v) is 5.46. The summed E-state index contributed by atoms with van der Waals surface area (Å²) < 4.78 is 73.4. The van der Waals surface area contributed by atoms with E-state index >= 15 is 0 Å². The van der Waals surface area contributed by atoms with E-state index < -0.39 is 26.8 Å². The van der Waals surface area contributed by atoms with E-state index in [2.05, 4.69) is 5.32 Å². The van der Waals surface area contributed by atoms with Gasteiger partial charge in [-0.1, -0.05) is 18.2 Å². The summed E-state index contributed by atoms with van der Waals surface area (Å²) in [6.07, 6.45) is -4.68. The van der Waals surface area contributed by atoms with Crippen LogP contribution in [0.2, 0.25) is 0 Å². The van der Waals surface area contributed by atoms with E-state index in [4.69, 9.17) is 8.92 Å². The summed E-state index contributed by atoms with van der Waals surface area (Å²) >= 11 is 0. The van der Waals surface area contributed by atoms with Crippen LogP contribution in [0.5, 0.6) is 5.75 Å². The van der Waals surface area contributed by atoms with E-state index in [1.807, 2.05) is 13.8 Å². The van der Waals surface area contributed by atoms with Gasteiger partial charge in [-0.15, -0.1) is 0 Å². The molecule has 0 aliphatic heterocycles. The highest BCUT2D eigenvalue weighted by molar-refractivity contribution is 7.87. The van der Waals surface area contributed by atoms with Gasteiger partial charge in [-0.25, -0.2) is 4.79 Å². The van der Waals surface area contributed by atoms with Crippen molar-refractivity contribution in [2.24, 2.45) is 0 Å². The summed E-state index contributed by atoms with van der Waals surface area (Å²) in [5.41, 5.74) is -0.392. The Morgan fingerprint density at radius 2 is 1.78 bits per heavy atom. The lowest BCUT2D eigenvalue weighted by atomic mass is 10.2. The molecule has 0 saturated heterocycles. The fraction of sp³-hybridized carbons (Fsp3) is 0.381. The lowest BCUT2D eigenvalue weighted by Gasteiger charge is -2.24. The molecule has 176 valence electrons. The van der Waals surface area contributed by atoms with E-state index in [1.165, 1.54) is 19.2 Å². The molecule has 0 unspecified atom stereocenters. The summed E-state index contributed by atoms with van der Waals surface area (Å²) in [5.74, 6) is -0.0683. The van der Waals surface area contributed by atoms with E-state index in [0.717, 1.165) is 18.2 Å². The van der Waals surface area contributed by atoms with Crippen molar-refractivity contribution in [1.29, 1.82) is 0 Å². The molecule has 0 heterocycles. The molecule has 0 aliphatic carbocycles. The molecular weight excluding hydrogens is 449 g/mol. The van der Waals surface area contributed by atoms with Crippen LogP contribution < -0.4 is 9.50 Å². The van der Waals surface area contributed by atoms with Gasteiger partial charge in [0.2, 0.25) is 0 Å². The molecule has 11 heteroatoms. The number of rotatable bonds is 9. The molecule has 1 N–H and O–H groups in total. The number of urea groups is 1. The Kier molecular flexibility index (Phi) is 8.51. The van der Waals surface area contributed by atoms with Gasteiger partial charge in [0, 0.05) is 26.2 Å². The number of carbonyl (C=O) groups is 1. The number of amides is 2. The Labute approximate surface area is 185 Å². The fourth-order valence-electron chi connectivity index (χ4n) is 2.67. The number of benzene rings is 2. The summed E-state index contributed by atoms with van der Waals surface area (Å²) in [6, 6.07) is 8.88. The van der Waals surface area contributed by atoms with Gasteiger partial charge in [0.25, 0.3) is 0 Å². The molecule has 32 heavy (non-hydrogen) atoms. The molecule has 0 spiro atoms. The maximum Gasteiger partial charge on any atom is 0.416 e. The van der Waals surface area contributed by atoms with E-state index in [0.29, 0.717) is 24.8 Å². The molecule has 2 aromatic rings. The Morgan fingerprint density at radius 1 is 1.12 bits per heavy atom. The first kappa shape index (κ1) is 25.5. The highest BCUT2D eigenvalue weighted by Crippen LogP contribution is 2.31. The van der Waals surface area contributed by atoms with Crippen molar-refractivity contribution < 1.29 is 35.3 Å². The third-order valence-electron chi connectivity index (χ3n) is 4.22. The predicted molar refractivity (Wildman–Crippen MR) is 112 cm³/mol. The normalized spacial score (nSPS) is 12.0. The van der Waals surface area contributed by atoms with Gasteiger partial charge in [-0.05, 0) is 49.7 Å². The summed E-state index contributed by atoms with van der Waals surface area (Å²) in [6.45, 7) is 4.59. The zero-order chi connectivity index (χ0) is 23.9. The molecule has 0 aromatic heterocycles.